The first-order chi connectivity index (χ1) is 10.8. The smallest absolute Gasteiger partial charge is 0.256 e. The first-order valence-electron chi connectivity index (χ1n) is 7.71. The molecule has 3 heteroatoms. The second kappa shape index (κ2) is 6.75. The number of benzene rings is 2. The van der Waals surface area contributed by atoms with Crippen molar-refractivity contribution >= 4 is 5.91 Å². The fourth-order valence-electron chi connectivity index (χ4n) is 3.13. The van der Waals surface area contributed by atoms with Crippen molar-refractivity contribution in [2.45, 2.75) is 18.4 Å². The summed E-state index contributed by atoms with van der Waals surface area (Å²) in [5.41, 5.74) is 2.23. The van der Waals surface area contributed by atoms with E-state index in [9.17, 15) is 4.79 Å². The third kappa shape index (κ3) is 3.04. The van der Waals surface area contributed by atoms with E-state index in [1.165, 1.54) is 5.56 Å². The average molecular weight is 295 g/mol. The largest absolute Gasteiger partial charge is 0.367 e. The summed E-state index contributed by atoms with van der Waals surface area (Å²) < 4.78 is 5.46. The van der Waals surface area contributed by atoms with E-state index in [4.69, 9.17) is 4.74 Å². The van der Waals surface area contributed by atoms with Crippen molar-refractivity contribution in [1.82, 2.24) is 4.90 Å². The summed E-state index contributed by atoms with van der Waals surface area (Å²) in [5, 5.41) is 0. The summed E-state index contributed by atoms with van der Waals surface area (Å²) in [4.78, 5) is 14.7. The van der Waals surface area contributed by atoms with Gasteiger partial charge < -0.3 is 9.64 Å². The maximum Gasteiger partial charge on any atom is 0.256 e. The van der Waals surface area contributed by atoms with Crippen molar-refractivity contribution in [3.63, 3.8) is 0 Å². The van der Waals surface area contributed by atoms with Gasteiger partial charge in [0.25, 0.3) is 5.91 Å². The normalized spacial score (nSPS) is 19.1. The van der Waals surface area contributed by atoms with Crippen molar-refractivity contribution in [2.75, 3.05) is 20.2 Å². The van der Waals surface area contributed by atoms with Crippen LogP contribution >= 0.6 is 0 Å². The number of nitrogens with zero attached hydrogens (tertiary/aromatic N) is 1. The van der Waals surface area contributed by atoms with E-state index < -0.39 is 6.10 Å². The molecular formula is C19H21NO2. The van der Waals surface area contributed by atoms with Gasteiger partial charge in [-0.3, -0.25) is 4.79 Å². The molecule has 22 heavy (non-hydrogen) atoms. The highest BCUT2D eigenvalue weighted by atomic mass is 16.5. The molecule has 1 aliphatic heterocycles. The van der Waals surface area contributed by atoms with Gasteiger partial charge in [-0.2, -0.15) is 0 Å². The molecule has 1 aliphatic rings. The van der Waals surface area contributed by atoms with Crippen LogP contribution in [0.4, 0.5) is 0 Å². The van der Waals surface area contributed by atoms with E-state index in [0.717, 1.165) is 25.1 Å². The second-order valence-corrected chi connectivity index (χ2v) is 5.71. The van der Waals surface area contributed by atoms with E-state index in [-0.39, 0.29) is 5.91 Å². The molecule has 0 radical (unpaired) electrons. The number of carbonyl (C=O) groups excluding carboxylic acids is 1. The molecule has 3 rings (SSSR count). The lowest BCUT2D eigenvalue weighted by molar-refractivity contribution is -0.141. The Bertz CT molecular complexity index is 612. The molecule has 114 valence electrons. The fraction of sp³-hybridized carbons (Fsp3) is 0.316. The van der Waals surface area contributed by atoms with Crippen molar-refractivity contribution in [3.05, 3.63) is 71.8 Å². The monoisotopic (exact) mass is 295 g/mol. The standard InChI is InChI=1S/C19H21NO2/c1-22-18(16-10-6-3-7-11-16)19(21)20-13-12-17(14-20)15-8-4-2-5-9-15/h2-11,17-18H,12-14H2,1H3. The molecular weight excluding hydrogens is 274 g/mol. The van der Waals surface area contributed by atoms with Crippen molar-refractivity contribution < 1.29 is 9.53 Å². The van der Waals surface area contributed by atoms with Crippen molar-refractivity contribution in [3.8, 4) is 0 Å². The molecule has 0 aromatic heterocycles. The molecule has 2 unspecified atom stereocenters. The highest BCUT2D eigenvalue weighted by Crippen LogP contribution is 2.29. The van der Waals surface area contributed by atoms with Crippen LogP contribution in [0.15, 0.2) is 60.7 Å². The molecule has 1 saturated heterocycles. The molecule has 1 fully saturated rings. The Morgan fingerprint density at radius 1 is 1.09 bits per heavy atom. The summed E-state index contributed by atoms with van der Waals surface area (Å²) in [6, 6.07) is 20.1. The molecule has 2 aromatic carbocycles. The van der Waals surface area contributed by atoms with E-state index in [2.05, 4.69) is 24.3 Å². The minimum atomic E-state index is -0.504. The molecule has 0 bridgehead atoms. The molecule has 1 amide bonds. The number of ether oxygens (including phenoxy) is 1. The minimum Gasteiger partial charge on any atom is -0.367 e. The summed E-state index contributed by atoms with van der Waals surface area (Å²) in [6.45, 7) is 1.57. The van der Waals surface area contributed by atoms with E-state index in [1.54, 1.807) is 7.11 Å². The maximum absolute atomic E-state index is 12.8. The first kappa shape index (κ1) is 14.8. The van der Waals surface area contributed by atoms with Crippen LogP contribution in [-0.4, -0.2) is 31.0 Å². The van der Waals surface area contributed by atoms with Gasteiger partial charge >= 0.3 is 0 Å². The zero-order valence-electron chi connectivity index (χ0n) is 12.8. The van der Waals surface area contributed by atoms with Gasteiger partial charge in [-0.25, -0.2) is 0 Å². The Morgan fingerprint density at radius 2 is 1.73 bits per heavy atom. The quantitative estimate of drug-likeness (QED) is 0.865. The summed E-state index contributed by atoms with van der Waals surface area (Å²) in [6.07, 6.45) is 0.511. The van der Waals surface area contributed by atoms with Crippen LogP contribution in [-0.2, 0) is 9.53 Å². The lowest BCUT2D eigenvalue weighted by atomic mass is 9.99. The van der Waals surface area contributed by atoms with Gasteiger partial charge in [-0.15, -0.1) is 0 Å². The zero-order valence-corrected chi connectivity index (χ0v) is 12.8. The van der Waals surface area contributed by atoms with Gasteiger partial charge in [-0.05, 0) is 17.5 Å². The highest BCUT2D eigenvalue weighted by molar-refractivity contribution is 5.82. The van der Waals surface area contributed by atoms with Gasteiger partial charge in [0.05, 0.1) is 0 Å². The Hall–Kier alpha value is -2.13. The first-order valence-corrected chi connectivity index (χ1v) is 7.71. The molecule has 1 heterocycles. The second-order valence-electron chi connectivity index (χ2n) is 5.71. The van der Waals surface area contributed by atoms with Crippen LogP contribution in [0.3, 0.4) is 0 Å². The van der Waals surface area contributed by atoms with Crippen molar-refractivity contribution in [1.29, 1.82) is 0 Å². The number of amides is 1. The lowest BCUT2D eigenvalue weighted by Crippen LogP contribution is -2.34. The Balaban J connectivity index is 1.71. The number of methoxy groups -OCH3 is 1. The molecule has 0 spiro atoms. The Morgan fingerprint density at radius 3 is 2.36 bits per heavy atom. The molecule has 0 saturated carbocycles. The van der Waals surface area contributed by atoms with Crippen LogP contribution in [0.2, 0.25) is 0 Å². The maximum atomic E-state index is 12.8. The van der Waals surface area contributed by atoms with Crippen LogP contribution < -0.4 is 0 Å². The zero-order chi connectivity index (χ0) is 15.4. The van der Waals surface area contributed by atoms with Crippen LogP contribution in [0.1, 0.15) is 29.6 Å². The lowest BCUT2D eigenvalue weighted by Gasteiger charge is -2.23. The van der Waals surface area contributed by atoms with Crippen LogP contribution in [0.25, 0.3) is 0 Å². The van der Waals surface area contributed by atoms with Gasteiger partial charge in [0, 0.05) is 26.1 Å². The number of carbonyl (C=O) groups is 1. The number of rotatable bonds is 4. The SMILES string of the molecule is COC(C(=O)N1CCC(c2ccccc2)C1)c1ccccc1. The van der Waals surface area contributed by atoms with E-state index in [0.29, 0.717) is 5.92 Å². The molecule has 0 N–H and O–H groups in total. The predicted molar refractivity (Wildman–Crippen MR) is 86.6 cm³/mol. The predicted octanol–water partition coefficient (Wildman–Crippen LogP) is 3.39. The highest BCUT2D eigenvalue weighted by Gasteiger charge is 2.32. The summed E-state index contributed by atoms with van der Waals surface area (Å²) in [5.74, 6) is 0.491. The number of hydrogen-bond acceptors (Lipinski definition) is 2. The van der Waals surface area contributed by atoms with Gasteiger partial charge in [0.1, 0.15) is 0 Å². The summed E-state index contributed by atoms with van der Waals surface area (Å²) >= 11 is 0. The van der Waals surface area contributed by atoms with Crippen molar-refractivity contribution in [2.24, 2.45) is 0 Å². The fourth-order valence-corrected chi connectivity index (χ4v) is 3.13. The molecule has 2 atom stereocenters. The average Bonchev–Trinajstić information content (AvgIpc) is 3.07. The number of likely N-dealkylation sites (tertiary alicyclic amines) is 1. The van der Waals surface area contributed by atoms with E-state index >= 15 is 0 Å². The molecule has 3 nitrogen and oxygen atoms in total. The van der Waals surface area contributed by atoms with Gasteiger partial charge in [0.15, 0.2) is 6.10 Å². The van der Waals surface area contributed by atoms with Gasteiger partial charge in [0.2, 0.25) is 0 Å². The minimum absolute atomic E-state index is 0.0622. The topological polar surface area (TPSA) is 29.5 Å². The number of hydrogen-bond donors (Lipinski definition) is 0. The van der Waals surface area contributed by atoms with Crippen LogP contribution in [0.5, 0.6) is 0 Å². The van der Waals surface area contributed by atoms with E-state index in [1.807, 2.05) is 41.3 Å². The summed E-state index contributed by atoms with van der Waals surface area (Å²) in [7, 11) is 1.60. The Labute approximate surface area is 131 Å². The molecule has 0 aliphatic carbocycles. The third-order valence-corrected chi connectivity index (χ3v) is 4.33. The molecule has 2 aromatic rings. The Kier molecular flexibility index (Phi) is 4.54. The van der Waals surface area contributed by atoms with Crippen LogP contribution in [0, 0.1) is 0 Å². The third-order valence-electron chi connectivity index (χ3n) is 4.33. The van der Waals surface area contributed by atoms with Gasteiger partial charge in [-0.1, -0.05) is 60.7 Å².